The van der Waals surface area contributed by atoms with Gasteiger partial charge in [-0.25, -0.2) is 0 Å². The average Bonchev–Trinajstić information content (AvgIpc) is 2.14. The predicted molar refractivity (Wildman–Crippen MR) is 64.7 cm³/mol. The topological polar surface area (TPSA) is 52.3 Å². The molecule has 0 aliphatic carbocycles. The third-order valence-electron chi connectivity index (χ3n) is 2.59. The third-order valence-corrected chi connectivity index (χ3v) is 2.59. The van der Waals surface area contributed by atoms with Gasteiger partial charge in [0.15, 0.2) is 0 Å². The van der Waals surface area contributed by atoms with Crippen molar-refractivity contribution < 1.29 is 9.53 Å². The molecule has 0 saturated heterocycles. The second-order valence-corrected chi connectivity index (χ2v) is 4.21. The van der Waals surface area contributed by atoms with E-state index in [9.17, 15) is 4.79 Å². The highest BCUT2D eigenvalue weighted by Crippen LogP contribution is 2.30. The molecule has 0 aliphatic heterocycles. The van der Waals surface area contributed by atoms with E-state index >= 15 is 0 Å². The summed E-state index contributed by atoms with van der Waals surface area (Å²) < 4.78 is 5.32. The van der Waals surface area contributed by atoms with Crippen molar-refractivity contribution in [2.75, 3.05) is 7.11 Å². The van der Waals surface area contributed by atoms with Crippen molar-refractivity contribution in [3.05, 3.63) is 28.8 Å². The van der Waals surface area contributed by atoms with E-state index in [1.165, 1.54) is 0 Å². The monoisotopic (exact) mass is 221 g/mol. The first-order valence-corrected chi connectivity index (χ1v) is 5.36. The minimum Gasteiger partial charge on any atom is -0.496 e. The Kier molecular flexibility index (Phi) is 4.07. The maximum Gasteiger partial charge on any atom is 0.131 e. The lowest BCUT2D eigenvalue weighted by atomic mass is 9.95. The molecule has 0 fully saturated rings. The maximum atomic E-state index is 11.1. The van der Waals surface area contributed by atoms with Crippen LogP contribution in [0, 0.1) is 13.8 Å². The van der Waals surface area contributed by atoms with Gasteiger partial charge in [-0.05, 0) is 38.0 Å². The first kappa shape index (κ1) is 12.7. The number of hydrogen-bond acceptors (Lipinski definition) is 3. The minimum atomic E-state index is -0.284. The predicted octanol–water partition coefficient (Wildman–Crippen LogP) is 2.29. The van der Waals surface area contributed by atoms with E-state index in [2.05, 4.69) is 6.07 Å². The van der Waals surface area contributed by atoms with Gasteiger partial charge in [-0.1, -0.05) is 6.07 Å². The van der Waals surface area contributed by atoms with Gasteiger partial charge in [0.1, 0.15) is 11.5 Å². The van der Waals surface area contributed by atoms with Crippen LogP contribution in [-0.2, 0) is 4.79 Å². The molecule has 0 aliphatic rings. The summed E-state index contributed by atoms with van der Waals surface area (Å²) in [5, 5.41) is 0. The molecule has 2 N–H and O–H groups in total. The molecular formula is C13H19NO2. The molecule has 0 saturated carbocycles. The van der Waals surface area contributed by atoms with Gasteiger partial charge < -0.3 is 10.5 Å². The molecule has 3 heteroatoms. The van der Waals surface area contributed by atoms with Crippen molar-refractivity contribution >= 4 is 5.78 Å². The summed E-state index contributed by atoms with van der Waals surface area (Å²) in [4.78, 5) is 11.1. The first-order valence-electron chi connectivity index (χ1n) is 5.36. The molecule has 0 spiro atoms. The van der Waals surface area contributed by atoms with Crippen molar-refractivity contribution in [1.82, 2.24) is 0 Å². The van der Waals surface area contributed by atoms with Gasteiger partial charge in [-0.15, -0.1) is 0 Å². The number of methoxy groups -OCH3 is 1. The third kappa shape index (κ3) is 2.83. The van der Waals surface area contributed by atoms with Crippen molar-refractivity contribution in [3.8, 4) is 5.75 Å². The number of Topliss-reactive ketones (excluding diaryl/α,β-unsaturated/α-hetero) is 1. The van der Waals surface area contributed by atoms with Crippen LogP contribution in [0.2, 0.25) is 0 Å². The van der Waals surface area contributed by atoms with Crippen LogP contribution >= 0.6 is 0 Å². The normalized spacial score (nSPS) is 12.3. The number of nitrogens with two attached hydrogens (primary N) is 1. The number of ether oxygens (including phenoxy) is 1. The highest BCUT2D eigenvalue weighted by molar-refractivity contribution is 5.76. The Morgan fingerprint density at radius 3 is 2.56 bits per heavy atom. The maximum absolute atomic E-state index is 11.1. The number of carbonyl (C=O) groups is 1. The van der Waals surface area contributed by atoms with Crippen molar-refractivity contribution in [3.63, 3.8) is 0 Å². The lowest BCUT2D eigenvalue weighted by Gasteiger charge is -2.18. The summed E-state index contributed by atoms with van der Waals surface area (Å²) in [5.41, 5.74) is 9.16. The van der Waals surface area contributed by atoms with Crippen LogP contribution in [0.3, 0.4) is 0 Å². The number of rotatable bonds is 4. The van der Waals surface area contributed by atoms with E-state index in [0.29, 0.717) is 6.42 Å². The summed E-state index contributed by atoms with van der Waals surface area (Å²) in [6.07, 6.45) is 0.347. The van der Waals surface area contributed by atoms with E-state index in [-0.39, 0.29) is 11.8 Å². The molecule has 3 nitrogen and oxygen atoms in total. The van der Waals surface area contributed by atoms with E-state index in [1.54, 1.807) is 14.0 Å². The molecule has 1 atom stereocenters. The Morgan fingerprint density at radius 1 is 1.44 bits per heavy atom. The fraction of sp³-hybridized carbons (Fsp3) is 0.462. The van der Waals surface area contributed by atoms with E-state index < -0.39 is 0 Å². The highest BCUT2D eigenvalue weighted by atomic mass is 16.5. The van der Waals surface area contributed by atoms with Crippen LogP contribution in [-0.4, -0.2) is 12.9 Å². The summed E-state index contributed by atoms with van der Waals surface area (Å²) in [7, 11) is 1.62. The minimum absolute atomic E-state index is 0.0922. The molecule has 1 rings (SSSR count). The molecule has 1 aromatic rings. The second kappa shape index (κ2) is 5.12. The first-order chi connectivity index (χ1) is 7.45. The summed E-state index contributed by atoms with van der Waals surface area (Å²) in [6.45, 7) is 5.55. The fourth-order valence-corrected chi connectivity index (χ4v) is 2.00. The Balaban J connectivity index is 3.15. The average molecular weight is 221 g/mol. The number of benzene rings is 1. The van der Waals surface area contributed by atoms with Crippen molar-refractivity contribution in [1.29, 1.82) is 0 Å². The highest BCUT2D eigenvalue weighted by Gasteiger charge is 2.16. The molecule has 0 aromatic heterocycles. The van der Waals surface area contributed by atoms with E-state index in [4.69, 9.17) is 10.5 Å². The molecule has 0 amide bonds. The molecule has 1 unspecified atom stereocenters. The van der Waals surface area contributed by atoms with Crippen LogP contribution in [0.1, 0.15) is 36.1 Å². The van der Waals surface area contributed by atoms with Gasteiger partial charge in [-0.2, -0.15) is 0 Å². The molecule has 1 aromatic carbocycles. The molecular weight excluding hydrogens is 202 g/mol. The van der Waals surface area contributed by atoms with Gasteiger partial charge in [0.2, 0.25) is 0 Å². The summed E-state index contributed by atoms with van der Waals surface area (Å²) >= 11 is 0. The van der Waals surface area contributed by atoms with Crippen molar-refractivity contribution in [2.45, 2.75) is 33.2 Å². The van der Waals surface area contributed by atoms with Gasteiger partial charge in [0, 0.05) is 18.0 Å². The van der Waals surface area contributed by atoms with E-state index in [0.717, 1.165) is 22.4 Å². The molecule has 0 heterocycles. The standard InChI is InChI=1S/C13H19NO2/c1-8-5-9(2)13(12(6-8)16-4)11(14)7-10(3)15/h5-6,11H,7,14H2,1-4H3. The molecule has 16 heavy (non-hydrogen) atoms. The molecule has 0 radical (unpaired) electrons. The molecule has 0 bridgehead atoms. The van der Waals surface area contributed by atoms with Gasteiger partial charge in [-0.3, -0.25) is 4.79 Å². The smallest absolute Gasteiger partial charge is 0.131 e. The number of aryl methyl sites for hydroxylation is 2. The van der Waals surface area contributed by atoms with Crippen LogP contribution in [0.25, 0.3) is 0 Å². The van der Waals surface area contributed by atoms with Crippen LogP contribution < -0.4 is 10.5 Å². The lowest BCUT2D eigenvalue weighted by molar-refractivity contribution is -0.117. The SMILES string of the molecule is COc1cc(C)cc(C)c1C(N)CC(C)=O. The number of ketones is 1. The van der Waals surface area contributed by atoms with Gasteiger partial charge in [0.25, 0.3) is 0 Å². The van der Waals surface area contributed by atoms with Crippen molar-refractivity contribution in [2.24, 2.45) is 5.73 Å². The largest absolute Gasteiger partial charge is 0.496 e. The van der Waals surface area contributed by atoms with Gasteiger partial charge >= 0.3 is 0 Å². The summed E-state index contributed by atoms with van der Waals surface area (Å²) in [6, 6.07) is 3.72. The number of carbonyl (C=O) groups excluding carboxylic acids is 1. The second-order valence-electron chi connectivity index (χ2n) is 4.21. The van der Waals surface area contributed by atoms with E-state index in [1.807, 2.05) is 19.9 Å². The zero-order valence-electron chi connectivity index (χ0n) is 10.3. The Morgan fingerprint density at radius 2 is 2.06 bits per heavy atom. The van der Waals surface area contributed by atoms with Crippen LogP contribution in [0.4, 0.5) is 0 Å². The zero-order valence-corrected chi connectivity index (χ0v) is 10.3. The number of hydrogen-bond donors (Lipinski definition) is 1. The quantitative estimate of drug-likeness (QED) is 0.848. The fourth-order valence-electron chi connectivity index (χ4n) is 2.00. The Labute approximate surface area is 96.6 Å². The Hall–Kier alpha value is -1.35. The Bertz CT molecular complexity index is 399. The summed E-state index contributed by atoms with van der Waals surface area (Å²) in [5.74, 6) is 0.862. The van der Waals surface area contributed by atoms with Gasteiger partial charge in [0.05, 0.1) is 7.11 Å². The van der Waals surface area contributed by atoms with Crippen LogP contribution in [0.15, 0.2) is 12.1 Å². The molecule has 88 valence electrons. The lowest BCUT2D eigenvalue weighted by Crippen LogP contribution is -2.16. The zero-order chi connectivity index (χ0) is 12.3. The van der Waals surface area contributed by atoms with Crippen LogP contribution in [0.5, 0.6) is 5.75 Å².